The van der Waals surface area contributed by atoms with Crippen molar-refractivity contribution in [3.05, 3.63) is 22.7 Å². The van der Waals surface area contributed by atoms with Crippen LogP contribution in [0.3, 0.4) is 0 Å². The number of ether oxygens (including phenoxy) is 1. The van der Waals surface area contributed by atoms with Crippen molar-refractivity contribution in [2.45, 2.75) is 63.0 Å². The Labute approximate surface area is 193 Å². The molecule has 3 atom stereocenters. The Morgan fingerprint density at radius 3 is 2.65 bits per heavy atom. The largest absolute Gasteiger partial charge is 0.487 e. The van der Waals surface area contributed by atoms with Crippen LogP contribution in [0.4, 0.5) is 0 Å². The van der Waals surface area contributed by atoms with Gasteiger partial charge in [-0.25, -0.2) is 8.42 Å². The summed E-state index contributed by atoms with van der Waals surface area (Å²) >= 11 is 3.40. The maximum absolute atomic E-state index is 13.3. The molecule has 1 aromatic rings. The SMILES string of the molecule is C[C@H]1CN([C@@H](C)CO)S(=O)(=O)c2ccc(Br)cc2O[C@H]1CN(C)C(=O)C1CCCCC1. The van der Waals surface area contributed by atoms with Gasteiger partial charge in [0.2, 0.25) is 15.9 Å². The maximum atomic E-state index is 13.3. The molecule has 7 nitrogen and oxygen atoms in total. The Morgan fingerprint density at radius 2 is 2.00 bits per heavy atom. The predicted octanol–water partition coefficient (Wildman–Crippen LogP) is 3.26. The second-order valence-electron chi connectivity index (χ2n) is 8.88. The van der Waals surface area contributed by atoms with E-state index in [9.17, 15) is 18.3 Å². The molecule has 1 amide bonds. The lowest BCUT2D eigenvalue weighted by molar-refractivity contribution is -0.136. The predicted molar refractivity (Wildman–Crippen MR) is 122 cm³/mol. The van der Waals surface area contributed by atoms with E-state index in [1.165, 1.54) is 16.8 Å². The number of aliphatic hydroxyl groups excluding tert-OH is 1. The number of nitrogens with zero attached hydrogens (tertiary/aromatic N) is 2. The molecule has 0 spiro atoms. The summed E-state index contributed by atoms with van der Waals surface area (Å²) in [6, 6.07) is 4.28. The highest BCUT2D eigenvalue weighted by Gasteiger charge is 2.38. The van der Waals surface area contributed by atoms with Crippen LogP contribution in [0, 0.1) is 11.8 Å². The summed E-state index contributed by atoms with van der Waals surface area (Å²) in [4.78, 5) is 14.8. The van der Waals surface area contributed by atoms with Crippen LogP contribution in [0.2, 0.25) is 0 Å². The highest BCUT2D eigenvalue weighted by atomic mass is 79.9. The van der Waals surface area contributed by atoms with Crippen molar-refractivity contribution in [3.8, 4) is 5.75 Å². The van der Waals surface area contributed by atoms with Crippen LogP contribution in [-0.2, 0) is 14.8 Å². The lowest BCUT2D eigenvalue weighted by Gasteiger charge is -2.38. The molecule has 9 heteroatoms. The Balaban J connectivity index is 1.91. The molecule has 1 aromatic carbocycles. The summed E-state index contributed by atoms with van der Waals surface area (Å²) in [6.45, 7) is 3.93. The average Bonchev–Trinajstić information content (AvgIpc) is 2.75. The molecule has 0 bridgehead atoms. The van der Waals surface area contributed by atoms with Crippen LogP contribution < -0.4 is 4.74 Å². The average molecular weight is 517 g/mol. The Bertz CT molecular complexity index is 888. The zero-order chi connectivity index (χ0) is 22.8. The number of hydrogen-bond donors (Lipinski definition) is 1. The number of benzene rings is 1. The molecule has 2 aliphatic rings. The fourth-order valence-corrected chi connectivity index (χ4v) is 6.60. The van der Waals surface area contributed by atoms with E-state index >= 15 is 0 Å². The van der Waals surface area contributed by atoms with Crippen LogP contribution in [0.5, 0.6) is 5.75 Å². The second kappa shape index (κ2) is 10.2. The summed E-state index contributed by atoms with van der Waals surface area (Å²) in [7, 11) is -2.04. The van der Waals surface area contributed by atoms with E-state index in [-0.39, 0.29) is 47.6 Å². The van der Waals surface area contributed by atoms with Crippen molar-refractivity contribution in [2.24, 2.45) is 11.8 Å². The molecule has 0 unspecified atom stereocenters. The first-order valence-electron chi connectivity index (χ1n) is 11.0. The van der Waals surface area contributed by atoms with E-state index in [4.69, 9.17) is 4.74 Å². The van der Waals surface area contributed by atoms with Gasteiger partial charge in [0.25, 0.3) is 0 Å². The number of aliphatic hydroxyl groups is 1. The molecule has 0 aromatic heterocycles. The normalized spacial score (nSPS) is 25.6. The molecule has 1 N–H and O–H groups in total. The quantitative estimate of drug-likeness (QED) is 0.648. The van der Waals surface area contributed by atoms with Crippen LogP contribution in [0.15, 0.2) is 27.6 Å². The number of fused-ring (bicyclic) bond motifs is 1. The number of carbonyl (C=O) groups excluding carboxylic acids is 1. The minimum absolute atomic E-state index is 0.0651. The van der Waals surface area contributed by atoms with Gasteiger partial charge in [0.05, 0.1) is 13.2 Å². The van der Waals surface area contributed by atoms with Gasteiger partial charge in [0.1, 0.15) is 16.7 Å². The first-order chi connectivity index (χ1) is 14.6. The van der Waals surface area contributed by atoms with Crippen LogP contribution in [-0.4, -0.2) is 67.5 Å². The highest BCUT2D eigenvalue weighted by molar-refractivity contribution is 9.10. The smallest absolute Gasteiger partial charge is 0.247 e. The van der Waals surface area contributed by atoms with Crippen molar-refractivity contribution >= 4 is 31.9 Å². The number of carbonyl (C=O) groups is 1. The minimum atomic E-state index is -3.84. The monoisotopic (exact) mass is 516 g/mol. The van der Waals surface area contributed by atoms with Crippen molar-refractivity contribution in [1.82, 2.24) is 9.21 Å². The van der Waals surface area contributed by atoms with Gasteiger partial charge < -0.3 is 14.7 Å². The molecule has 0 radical (unpaired) electrons. The number of amides is 1. The first kappa shape index (κ1) is 24.5. The summed E-state index contributed by atoms with van der Waals surface area (Å²) in [6.07, 6.45) is 4.85. The third kappa shape index (κ3) is 5.43. The van der Waals surface area contributed by atoms with Gasteiger partial charge in [0.15, 0.2) is 0 Å². The summed E-state index contributed by atoms with van der Waals surface area (Å²) < 4.78 is 35.0. The number of sulfonamides is 1. The molecule has 1 heterocycles. The van der Waals surface area contributed by atoms with Gasteiger partial charge in [-0.05, 0) is 38.0 Å². The Kier molecular flexibility index (Phi) is 8.05. The van der Waals surface area contributed by atoms with Crippen molar-refractivity contribution in [3.63, 3.8) is 0 Å². The third-order valence-corrected chi connectivity index (χ3v) is 8.93. The fourth-order valence-electron chi connectivity index (χ4n) is 4.44. The standard InChI is InChI=1S/C22H33BrN2O5S/c1-15-12-25(16(2)14-26)31(28,29)21-10-9-18(23)11-19(21)30-20(15)13-24(3)22(27)17-7-5-4-6-8-17/h9-11,15-17,20,26H,4-8,12-14H2,1-3H3/t15-,16-,20-/m0/s1. The van der Waals surface area contributed by atoms with Crippen molar-refractivity contribution < 1.29 is 23.1 Å². The van der Waals surface area contributed by atoms with Gasteiger partial charge in [0, 0.05) is 35.9 Å². The lowest BCUT2D eigenvalue weighted by Crippen LogP contribution is -2.50. The van der Waals surface area contributed by atoms with Gasteiger partial charge in [-0.1, -0.05) is 42.1 Å². The second-order valence-corrected chi connectivity index (χ2v) is 11.7. The summed E-state index contributed by atoms with van der Waals surface area (Å²) in [5.74, 6) is 0.285. The lowest BCUT2D eigenvalue weighted by atomic mass is 9.88. The Morgan fingerprint density at radius 1 is 1.32 bits per heavy atom. The summed E-state index contributed by atoms with van der Waals surface area (Å²) in [5, 5.41) is 9.69. The topological polar surface area (TPSA) is 87.2 Å². The van der Waals surface area contributed by atoms with Gasteiger partial charge in [-0.15, -0.1) is 0 Å². The zero-order valence-electron chi connectivity index (χ0n) is 18.5. The minimum Gasteiger partial charge on any atom is -0.487 e. The van der Waals surface area contributed by atoms with Gasteiger partial charge in [-0.2, -0.15) is 4.31 Å². The van der Waals surface area contributed by atoms with Crippen LogP contribution in [0.1, 0.15) is 46.0 Å². The highest BCUT2D eigenvalue weighted by Crippen LogP contribution is 2.35. The molecule has 31 heavy (non-hydrogen) atoms. The number of hydrogen-bond acceptors (Lipinski definition) is 5. The molecule has 3 rings (SSSR count). The number of halogens is 1. The number of likely N-dealkylation sites (N-methyl/N-ethyl adjacent to an activating group) is 1. The van der Waals surface area contributed by atoms with Crippen LogP contribution in [0.25, 0.3) is 0 Å². The van der Waals surface area contributed by atoms with E-state index in [2.05, 4.69) is 15.9 Å². The van der Waals surface area contributed by atoms with E-state index in [1.807, 2.05) is 6.92 Å². The van der Waals surface area contributed by atoms with E-state index < -0.39 is 16.1 Å². The van der Waals surface area contributed by atoms with Gasteiger partial charge in [-0.3, -0.25) is 4.79 Å². The van der Waals surface area contributed by atoms with E-state index in [1.54, 1.807) is 31.0 Å². The number of rotatable bonds is 5. The third-order valence-electron chi connectivity index (χ3n) is 6.41. The van der Waals surface area contributed by atoms with E-state index in [0.29, 0.717) is 11.0 Å². The fraction of sp³-hybridized carbons (Fsp3) is 0.682. The van der Waals surface area contributed by atoms with Crippen molar-refractivity contribution in [1.29, 1.82) is 0 Å². The molecular formula is C22H33BrN2O5S. The van der Waals surface area contributed by atoms with Crippen molar-refractivity contribution in [2.75, 3.05) is 26.7 Å². The Hall–Kier alpha value is -1.16. The molecule has 1 aliphatic heterocycles. The molecule has 1 aliphatic carbocycles. The van der Waals surface area contributed by atoms with Gasteiger partial charge >= 0.3 is 0 Å². The zero-order valence-corrected chi connectivity index (χ0v) is 20.9. The molecular weight excluding hydrogens is 484 g/mol. The molecule has 1 saturated carbocycles. The van der Waals surface area contributed by atoms with E-state index in [0.717, 1.165) is 25.7 Å². The molecule has 1 fully saturated rings. The summed E-state index contributed by atoms with van der Waals surface area (Å²) in [5.41, 5.74) is 0. The first-order valence-corrected chi connectivity index (χ1v) is 13.2. The molecule has 0 saturated heterocycles. The maximum Gasteiger partial charge on any atom is 0.247 e. The molecule has 174 valence electrons. The van der Waals surface area contributed by atoms with Crippen LogP contribution >= 0.6 is 15.9 Å².